The number of rotatable bonds is 4. The van der Waals surface area contributed by atoms with E-state index in [1.54, 1.807) is 11.1 Å². The fraction of sp³-hybridized carbons (Fsp3) is 0.478. The van der Waals surface area contributed by atoms with Gasteiger partial charge in [-0.3, -0.25) is 0 Å². The number of hydrogen-bond acceptors (Lipinski definition) is 0. The summed E-state index contributed by atoms with van der Waals surface area (Å²) >= 11 is 0. The third-order valence-corrected chi connectivity index (χ3v) is 5.86. The largest absolute Gasteiger partial charge is 0.0617 e. The summed E-state index contributed by atoms with van der Waals surface area (Å²) in [6.07, 6.45) is 10.9. The van der Waals surface area contributed by atoms with Crippen LogP contribution in [-0.2, 0) is 6.42 Å². The second-order valence-electron chi connectivity index (χ2n) is 7.47. The molecule has 0 spiro atoms. The fourth-order valence-corrected chi connectivity index (χ4v) is 4.36. The molecule has 0 saturated heterocycles. The predicted molar refractivity (Wildman–Crippen MR) is 99.1 cm³/mol. The number of hydrogen-bond donors (Lipinski definition) is 0. The molecule has 23 heavy (non-hydrogen) atoms. The van der Waals surface area contributed by atoms with Crippen LogP contribution in [0.1, 0.15) is 80.4 Å². The summed E-state index contributed by atoms with van der Waals surface area (Å²) in [5.74, 6) is 1.62. The van der Waals surface area contributed by atoms with E-state index in [9.17, 15) is 0 Å². The molecule has 0 radical (unpaired) electrons. The van der Waals surface area contributed by atoms with Crippen molar-refractivity contribution in [2.24, 2.45) is 0 Å². The van der Waals surface area contributed by atoms with E-state index in [4.69, 9.17) is 0 Å². The highest BCUT2D eigenvalue weighted by atomic mass is 14.3. The lowest BCUT2D eigenvalue weighted by Crippen LogP contribution is -2.04. The van der Waals surface area contributed by atoms with Gasteiger partial charge in [0.2, 0.25) is 0 Å². The van der Waals surface area contributed by atoms with Crippen LogP contribution in [0.2, 0.25) is 0 Å². The predicted octanol–water partition coefficient (Wildman–Crippen LogP) is 6.84. The summed E-state index contributed by atoms with van der Waals surface area (Å²) in [5, 5.41) is 0. The van der Waals surface area contributed by atoms with Crippen LogP contribution >= 0.6 is 0 Å². The maximum absolute atomic E-state index is 2.41. The Morgan fingerprint density at radius 3 is 2.17 bits per heavy atom. The Bertz CT molecular complexity index is 655. The molecule has 0 N–H and O–H groups in total. The van der Waals surface area contributed by atoms with Crippen molar-refractivity contribution < 1.29 is 0 Å². The zero-order valence-electron chi connectivity index (χ0n) is 14.4. The Morgan fingerprint density at radius 2 is 1.52 bits per heavy atom. The first-order valence-corrected chi connectivity index (χ1v) is 9.59. The average Bonchev–Trinajstić information content (AvgIpc) is 3.47. The highest BCUT2D eigenvalue weighted by Crippen LogP contribution is 2.45. The molecule has 2 fully saturated rings. The monoisotopic (exact) mass is 304 g/mol. The van der Waals surface area contributed by atoms with Crippen LogP contribution < -0.4 is 0 Å². The van der Waals surface area contributed by atoms with Crippen LogP contribution in [0.3, 0.4) is 0 Å². The zero-order chi connectivity index (χ0) is 15.6. The molecule has 0 aliphatic heterocycles. The van der Waals surface area contributed by atoms with Gasteiger partial charge in [-0.15, -0.1) is 0 Å². The molecular weight excluding hydrogens is 276 g/mol. The SMILES string of the molecule is CCc1cccc(C2CC2)c1-c1ccc(C2CCCCC2)cc1. The quantitative estimate of drug-likeness (QED) is 0.580. The first-order chi connectivity index (χ1) is 11.4. The average molecular weight is 304 g/mol. The van der Waals surface area contributed by atoms with Gasteiger partial charge in [0.1, 0.15) is 0 Å². The first-order valence-electron chi connectivity index (χ1n) is 9.59. The van der Waals surface area contributed by atoms with E-state index in [2.05, 4.69) is 49.4 Å². The van der Waals surface area contributed by atoms with E-state index >= 15 is 0 Å². The van der Waals surface area contributed by atoms with Gasteiger partial charge in [0, 0.05) is 0 Å². The van der Waals surface area contributed by atoms with E-state index in [-0.39, 0.29) is 0 Å². The Hall–Kier alpha value is -1.56. The minimum atomic E-state index is 0.808. The van der Waals surface area contributed by atoms with Crippen molar-refractivity contribution in [2.75, 3.05) is 0 Å². The second-order valence-corrected chi connectivity index (χ2v) is 7.47. The Morgan fingerprint density at radius 1 is 0.783 bits per heavy atom. The van der Waals surface area contributed by atoms with Crippen LogP contribution in [0.15, 0.2) is 42.5 Å². The Balaban J connectivity index is 1.68. The highest BCUT2D eigenvalue weighted by molar-refractivity contribution is 5.72. The zero-order valence-corrected chi connectivity index (χ0v) is 14.4. The van der Waals surface area contributed by atoms with Gasteiger partial charge in [-0.25, -0.2) is 0 Å². The van der Waals surface area contributed by atoms with E-state index in [1.165, 1.54) is 61.6 Å². The number of aryl methyl sites for hydroxylation is 1. The fourth-order valence-electron chi connectivity index (χ4n) is 4.36. The van der Waals surface area contributed by atoms with Crippen molar-refractivity contribution in [3.8, 4) is 11.1 Å². The maximum atomic E-state index is 2.41. The standard InChI is InChI=1S/C23H28/c1-2-17-9-6-10-22(20-13-14-20)23(17)21-15-11-19(12-16-21)18-7-4-3-5-8-18/h6,9-12,15-16,18,20H,2-5,7-8,13-14H2,1H3. The van der Waals surface area contributed by atoms with Gasteiger partial charge in [0.05, 0.1) is 0 Å². The van der Waals surface area contributed by atoms with Crippen molar-refractivity contribution in [3.63, 3.8) is 0 Å². The molecule has 0 heteroatoms. The minimum absolute atomic E-state index is 0.808. The molecule has 0 bridgehead atoms. The summed E-state index contributed by atoms with van der Waals surface area (Å²) < 4.78 is 0. The summed E-state index contributed by atoms with van der Waals surface area (Å²) in [6.45, 7) is 2.28. The van der Waals surface area contributed by atoms with Gasteiger partial charge < -0.3 is 0 Å². The van der Waals surface area contributed by atoms with Gasteiger partial charge in [0.25, 0.3) is 0 Å². The van der Waals surface area contributed by atoms with Gasteiger partial charge in [0.15, 0.2) is 0 Å². The summed E-state index contributed by atoms with van der Waals surface area (Å²) in [7, 11) is 0. The third-order valence-electron chi connectivity index (χ3n) is 5.86. The first kappa shape index (κ1) is 15.0. The van der Waals surface area contributed by atoms with Gasteiger partial charge in [-0.05, 0) is 71.8 Å². The van der Waals surface area contributed by atoms with E-state index in [0.717, 1.165) is 18.3 Å². The van der Waals surface area contributed by atoms with Crippen LogP contribution in [0.5, 0.6) is 0 Å². The van der Waals surface area contributed by atoms with E-state index in [0.29, 0.717) is 0 Å². The molecular formula is C23H28. The third kappa shape index (κ3) is 3.09. The number of benzene rings is 2. The molecule has 2 aliphatic rings. The van der Waals surface area contributed by atoms with E-state index in [1.807, 2.05) is 0 Å². The van der Waals surface area contributed by atoms with Crippen LogP contribution in [0, 0.1) is 0 Å². The molecule has 0 unspecified atom stereocenters. The molecule has 2 saturated carbocycles. The Labute approximate surface area is 140 Å². The molecule has 2 aromatic rings. The summed E-state index contributed by atoms with van der Waals surface area (Å²) in [6, 6.07) is 16.5. The molecule has 0 nitrogen and oxygen atoms in total. The molecule has 120 valence electrons. The highest BCUT2D eigenvalue weighted by Gasteiger charge is 2.27. The van der Waals surface area contributed by atoms with Gasteiger partial charge >= 0.3 is 0 Å². The van der Waals surface area contributed by atoms with Crippen molar-refractivity contribution in [2.45, 2.75) is 70.1 Å². The van der Waals surface area contributed by atoms with Crippen molar-refractivity contribution >= 4 is 0 Å². The molecule has 2 aliphatic carbocycles. The van der Waals surface area contributed by atoms with E-state index < -0.39 is 0 Å². The van der Waals surface area contributed by atoms with Gasteiger partial charge in [-0.1, -0.05) is 68.7 Å². The smallest absolute Gasteiger partial charge is 0.0117 e. The lowest BCUT2D eigenvalue weighted by atomic mass is 9.83. The lowest BCUT2D eigenvalue weighted by Gasteiger charge is -2.22. The molecule has 0 amide bonds. The summed E-state index contributed by atoms with van der Waals surface area (Å²) in [5.41, 5.74) is 7.64. The second kappa shape index (κ2) is 6.51. The van der Waals surface area contributed by atoms with Crippen LogP contribution in [-0.4, -0.2) is 0 Å². The Kier molecular flexibility index (Phi) is 4.25. The molecule has 4 rings (SSSR count). The molecule has 0 heterocycles. The topological polar surface area (TPSA) is 0 Å². The van der Waals surface area contributed by atoms with Crippen LogP contribution in [0.4, 0.5) is 0 Å². The van der Waals surface area contributed by atoms with Crippen molar-refractivity contribution in [3.05, 3.63) is 59.2 Å². The maximum Gasteiger partial charge on any atom is -0.0117 e. The summed E-state index contributed by atoms with van der Waals surface area (Å²) in [4.78, 5) is 0. The lowest BCUT2D eigenvalue weighted by molar-refractivity contribution is 0.443. The van der Waals surface area contributed by atoms with Crippen molar-refractivity contribution in [1.29, 1.82) is 0 Å². The molecule has 0 aromatic heterocycles. The molecule has 0 atom stereocenters. The van der Waals surface area contributed by atoms with Crippen molar-refractivity contribution in [1.82, 2.24) is 0 Å². The van der Waals surface area contributed by atoms with Gasteiger partial charge in [-0.2, -0.15) is 0 Å². The van der Waals surface area contributed by atoms with Crippen LogP contribution in [0.25, 0.3) is 11.1 Å². The normalized spacial score (nSPS) is 19.0. The minimum Gasteiger partial charge on any atom is -0.0617 e. The molecule has 2 aromatic carbocycles.